The number of carboxylic acids is 1. The number of hydrogen-bond donors (Lipinski definition) is 2. The molecule has 0 heterocycles. The highest BCUT2D eigenvalue weighted by atomic mass is 16.5. The van der Waals surface area contributed by atoms with Crippen molar-refractivity contribution in [3.05, 3.63) is 18.2 Å². The van der Waals surface area contributed by atoms with Crippen LogP contribution in [-0.4, -0.2) is 48.8 Å². The predicted octanol–water partition coefficient (Wildman–Crippen LogP) is 2.42. The lowest BCUT2D eigenvalue weighted by Gasteiger charge is -2.20. The minimum Gasteiger partial charge on any atom is -0.497 e. The van der Waals surface area contributed by atoms with Crippen molar-refractivity contribution in [1.82, 2.24) is 4.90 Å². The van der Waals surface area contributed by atoms with Crippen molar-refractivity contribution in [2.45, 2.75) is 26.4 Å². The van der Waals surface area contributed by atoms with Gasteiger partial charge < -0.3 is 24.8 Å². The van der Waals surface area contributed by atoms with Gasteiger partial charge in [-0.05, 0) is 26.0 Å². The molecule has 0 spiro atoms. The van der Waals surface area contributed by atoms with Gasteiger partial charge in [0.1, 0.15) is 11.5 Å². The summed E-state index contributed by atoms with van der Waals surface area (Å²) in [4.78, 5) is 23.9. The SMILES string of the molecule is COc1ccc(OC(C)C)c(NC(=O)N(C)CCC(=O)O)c1. The fourth-order valence-corrected chi connectivity index (χ4v) is 1.67. The fourth-order valence-electron chi connectivity index (χ4n) is 1.67. The third kappa shape index (κ3) is 5.51. The highest BCUT2D eigenvalue weighted by Gasteiger charge is 2.14. The molecule has 2 amide bonds. The maximum absolute atomic E-state index is 12.1. The van der Waals surface area contributed by atoms with Crippen LogP contribution in [0.5, 0.6) is 11.5 Å². The van der Waals surface area contributed by atoms with Crippen LogP contribution in [0.4, 0.5) is 10.5 Å². The molecule has 0 radical (unpaired) electrons. The van der Waals surface area contributed by atoms with Gasteiger partial charge in [-0.15, -0.1) is 0 Å². The number of rotatable bonds is 7. The number of urea groups is 1. The number of hydrogen-bond acceptors (Lipinski definition) is 4. The fraction of sp³-hybridized carbons (Fsp3) is 0.467. The summed E-state index contributed by atoms with van der Waals surface area (Å²) in [5.74, 6) is 0.153. The number of benzene rings is 1. The average Bonchev–Trinajstić information content (AvgIpc) is 2.45. The van der Waals surface area contributed by atoms with Crippen LogP contribution in [0, 0.1) is 0 Å². The molecule has 0 unspecified atom stereocenters. The van der Waals surface area contributed by atoms with Crippen LogP contribution in [-0.2, 0) is 4.79 Å². The Bertz CT molecular complexity index is 531. The molecule has 7 heteroatoms. The smallest absolute Gasteiger partial charge is 0.321 e. The Morgan fingerprint density at radius 3 is 2.59 bits per heavy atom. The number of ether oxygens (including phenoxy) is 2. The van der Waals surface area contributed by atoms with E-state index in [4.69, 9.17) is 14.6 Å². The van der Waals surface area contributed by atoms with E-state index in [0.717, 1.165) is 0 Å². The van der Waals surface area contributed by atoms with E-state index >= 15 is 0 Å². The van der Waals surface area contributed by atoms with E-state index < -0.39 is 12.0 Å². The number of carbonyl (C=O) groups excluding carboxylic acids is 1. The number of nitrogens with one attached hydrogen (secondary N) is 1. The zero-order valence-corrected chi connectivity index (χ0v) is 13.3. The number of carboxylic acid groups (broad SMARTS) is 1. The van der Waals surface area contributed by atoms with E-state index in [1.54, 1.807) is 18.2 Å². The quantitative estimate of drug-likeness (QED) is 0.807. The van der Waals surface area contributed by atoms with E-state index in [9.17, 15) is 9.59 Å². The molecule has 0 aliphatic carbocycles. The standard InChI is InChI=1S/C15H22N2O5/c1-10(2)22-13-6-5-11(21-4)9-12(13)16-15(20)17(3)8-7-14(18)19/h5-6,9-10H,7-8H2,1-4H3,(H,16,20)(H,18,19). The summed E-state index contributed by atoms with van der Waals surface area (Å²) in [6, 6.07) is 4.69. The van der Waals surface area contributed by atoms with Crippen LogP contribution < -0.4 is 14.8 Å². The van der Waals surface area contributed by atoms with Crippen LogP contribution in [0.1, 0.15) is 20.3 Å². The van der Waals surface area contributed by atoms with Crippen molar-refractivity contribution in [2.24, 2.45) is 0 Å². The van der Waals surface area contributed by atoms with Crippen LogP contribution in [0.15, 0.2) is 18.2 Å². The Morgan fingerprint density at radius 2 is 2.05 bits per heavy atom. The lowest BCUT2D eigenvalue weighted by atomic mass is 10.2. The minimum atomic E-state index is -0.954. The number of anilines is 1. The van der Waals surface area contributed by atoms with Gasteiger partial charge in [-0.3, -0.25) is 4.79 Å². The second-order valence-corrected chi connectivity index (χ2v) is 5.02. The summed E-state index contributed by atoms with van der Waals surface area (Å²) in [6.07, 6.45) is -0.161. The van der Waals surface area contributed by atoms with E-state index in [1.807, 2.05) is 13.8 Å². The molecule has 0 saturated heterocycles. The first-order valence-electron chi connectivity index (χ1n) is 6.92. The van der Waals surface area contributed by atoms with Crippen molar-refractivity contribution in [1.29, 1.82) is 0 Å². The number of carbonyl (C=O) groups is 2. The number of methoxy groups -OCH3 is 1. The van der Waals surface area contributed by atoms with E-state index in [1.165, 1.54) is 19.1 Å². The van der Waals surface area contributed by atoms with Crippen molar-refractivity contribution in [3.8, 4) is 11.5 Å². The molecule has 2 N–H and O–H groups in total. The Labute approximate surface area is 129 Å². The summed E-state index contributed by atoms with van der Waals surface area (Å²) < 4.78 is 10.8. The third-order valence-electron chi connectivity index (χ3n) is 2.80. The second-order valence-electron chi connectivity index (χ2n) is 5.02. The summed E-state index contributed by atoms with van der Waals surface area (Å²) >= 11 is 0. The first-order valence-corrected chi connectivity index (χ1v) is 6.92. The number of amides is 2. The number of aliphatic carboxylic acids is 1. The summed E-state index contributed by atoms with van der Waals surface area (Å²) in [5, 5.41) is 11.4. The van der Waals surface area contributed by atoms with Crippen LogP contribution >= 0.6 is 0 Å². The molecule has 0 aromatic heterocycles. The van der Waals surface area contributed by atoms with Gasteiger partial charge in [0.15, 0.2) is 0 Å². The highest BCUT2D eigenvalue weighted by Crippen LogP contribution is 2.30. The first kappa shape index (κ1) is 17.6. The topological polar surface area (TPSA) is 88.1 Å². The molecule has 0 aliphatic rings. The normalized spacial score (nSPS) is 10.2. The largest absolute Gasteiger partial charge is 0.497 e. The highest BCUT2D eigenvalue weighted by molar-refractivity contribution is 5.91. The van der Waals surface area contributed by atoms with E-state index in [2.05, 4.69) is 5.32 Å². The van der Waals surface area contributed by atoms with Gasteiger partial charge in [-0.2, -0.15) is 0 Å². The average molecular weight is 310 g/mol. The summed E-state index contributed by atoms with van der Waals surface area (Å²) in [5.41, 5.74) is 0.472. The lowest BCUT2D eigenvalue weighted by molar-refractivity contribution is -0.137. The van der Waals surface area contributed by atoms with E-state index in [-0.39, 0.29) is 19.1 Å². The van der Waals surface area contributed by atoms with Crippen LogP contribution in [0.2, 0.25) is 0 Å². The van der Waals surface area contributed by atoms with Crippen molar-refractivity contribution < 1.29 is 24.2 Å². The molecule has 0 bridgehead atoms. The minimum absolute atomic E-state index is 0.0474. The first-order chi connectivity index (χ1) is 10.3. The Morgan fingerprint density at radius 1 is 1.36 bits per heavy atom. The Hall–Kier alpha value is -2.44. The van der Waals surface area contributed by atoms with Gasteiger partial charge in [-0.1, -0.05) is 0 Å². The van der Waals surface area contributed by atoms with Gasteiger partial charge in [0.05, 0.1) is 25.3 Å². The molecule has 1 rings (SSSR count). The molecular weight excluding hydrogens is 288 g/mol. The Balaban J connectivity index is 2.84. The van der Waals surface area contributed by atoms with Crippen molar-refractivity contribution >= 4 is 17.7 Å². The molecule has 1 aromatic rings. The molecule has 7 nitrogen and oxygen atoms in total. The molecular formula is C15H22N2O5. The van der Waals surface area contributed by atoms with Gasteiger partial charge >= 0.3 is 12.0 Å². The van der Waals surface area contributed by atoms with E-state index in [0.29, 0.717) is 17.2 Å². The van der Waals surface area contributed by atoms with Gasteiger partial charge in [0.25, 0.3) is 0 Å². The zero-order valence-electron chi connectivity index (χ0n) is 13.3. The number of nitrogens with zero attached hydrogens (tertiary/aromatic N) is 1. The molecule has 0 aliphatic heterocycles. The maximum atomic E-state index is 12.1. The van der Waals surface area contributed by atoms with Crippen molar-refractivity contribution in [2.75, 3.05) is 26.0 Å². The zero-order chi connectivity index (χ0) is 16.7. The molecule has 0 atom stereocenters. The lowest BCUT2D eigenvalue weighted by Crippen LogP contribution is -2.33. The summed E-state index contributed by atoms with van der Waals surface area (Å²) in [7, 11) is 3.06. The monoisotopic (exact) mass is 310 g/mol. The van der Waals surface area contributed by atoms with Gasteiger partial charge in [-0.25, -0.2) is 4.79 Å². The van der Waals surface area contributed by atoms with Crippen molar-refractivity contribution in [3.63, 3.8) is 0 Å². The van der Waals surface area contributed by atoms with Gasteiger partial charge in [0, 0.05) is 19.7 Å². The third-order valence-corrected chi connectivity index (χ3v) is 2.80. The molecule has 0 saturated carbocycles. The molecule has 1 aromatic carbocycles. The Kier molecular flexibility index (Phi) is 6.49. The molecule has 122 valence electrons. The second kappa shape index (κ2) is 8.11. The maximum Gasteiger partial charge on any atom is 0.321 e. The van der Waals surface area contributed by atoms with Gasteiger partial charge in [0.2, 0.25) is 0 Å². The summed E-state index contributed by atoms with van der Waals surface area (Å²) in [6.45, 7) is 3.88. The molecule has 0 fully saturated rings. The van der Waals surface area contributed by atoms with Crippen LogP contribution in [0.3, 0.4) is 0 Å². The van der Waals surface area contributed by atoms with Crippen LogP contribution in [0.25, 0.3) is 0 Å². The predicted molar refractivity (Wildman–Crippen MR) is 82.7 cm³/mol. The molecule has 22 heavy (non-hydrogen) atoms.